The number of carbonyl (C=O) groups is 2. The molecular weight excluding hydrogens is 314 g/mol. The molecule has 132 valence electrons. The zero-order chi connectivity index (χ0) is 17.4. The zero-order valence-corrected chi connectivity index (χ0v) is 13.7. The molecule has 0 spiro atoms. The van der Waals surface area contributed by atoms with Crippen molar-refractivity contribution >= 4 is 11.9 Å². The van der Waals surface area contributed by atoms with Crippen LogP contribution in [0.4, 0.5) is 0 Å². The predicted octanol–water partition coefficient (Wildman–Crippen LogP) is 1.85. The first kappa shape index (κ1) is 18.1. The van der Waals surface area contributed by atoms with Crippen LogP contribution < -0.4 is 14.8 Å². The summed E-state index contributed by atoms with van der Waals surface area (Å²) in [7, 11) is 0. The molecule has 7 nitrogen and oxygen atoms in total. The van der Waals surface area contributed by atoms with E-state index in [2.05, 4.69) is 5.32 Å². The van der Waals surface area contributed by atoms with Gasteiger partial charge in [0, 0.05) is 18.7 Å². The van der Waals surface area contributed by atoms with Gasteiger partial charge in [0.2, 0.25) is 0 Å². The Kier molecular flexibility index (Phi) is 6.87. The molecule has 1 aromatic rings. The van der Waals surface area contributed by atoms with Crippen molar-refractivity contribution in [1.29, 1.82) is 0 Å². The Hall–Kier alpha value is -2.28. The molecule has 1 unspecified atom stereocenters. The molecule has 1 fully saturated rings. The third kappa shape index (κ3) is 5.42. The van der Waals surface area contributed by atoms with E-state index in [1.54, 1.807) is 25.1 Å². The second-order valence-electron chi connectivity index (χ2n) is 5.46. The molecule has 0 aromatic heterocycles. The van der Waals surface area contributed by atoms with Gasteiger partial charge in [-0.1, -0.05) is 0 Å². The van der Waals surface area contributed by atoms with Crippen molar-refractivity contribution in [1.82, 2.24) is 5.32 Å². The maximum absolute atomic E-state index is 12.2. The molecule has 7 heteroatoms. The smallest absolute Gasteiger partial charge is 0.341 e. The molecule has 2 N–H and O–H groups in total. The lowest BCUT2D eigenvalue weighted by Crippen LogP contribution is -2.27. The van der Waals surface area contributed by atoms with Gasteiger partial charge < -0.3 is 24.6 Å². The van der Waals surface area contributed by atoms with Gasteiger partial charge in [0.25, 0.3) is 5.91 Å². The van der Waals surface area contributed by atoms with Crippen molar-refractivity contribution in [2.45, 2.75) is 32.3 Å². The highest BCUT2D eigenvalue weighted by molar-refractivity contribution is 5.94. The number of aliphatic carboxylic acids is 1. The molecule has 2 rings (SSSR count). The number of hydrogen-bond donors (Lipinski definition) is 2. The van der Waals surface area contributed by atoms with E-state index in [9.17, 15) is 9.59 Å². The van der Waals surface area contributed by atoms with Gasteiger partial charge in [-0.25, -0.2) is 4.79 Å². The van der Waals surface area contributed by atoms with E-state index >= 15 is 0 Å². The fraction of sp³-hybridized carbons (Fsp3) is 0.529. The Morgan fingerprint density at radius 3 is 2.83 bits per heavy atom. The highest BCUT2D eigenvalue weighted by Crippen LogP contribution is 2.28. The van der Waals surface area contributed by atoms with Crippen molar-refractivity contribution in [3.05, 3.63) is 23.8 Å². The molecule has 1 aromatic carbocycles. The van der Waals surface area contributed by atoms with Crippen LogP contribution in [0.5, 0.6) is 11.5 Å². The van der Waals surface area contributed by atoms with Gasteiger partial charge in [-0.3, -0.25) is 4.79 Å². The van der Waals surface area contributed by atoms with Gasteiger partial charge in [-0.15, -0.1) is 0 Å². The van der Waals surface area contributed by atoms with E-state index in [1.165, 1.54) is 0 Å². The Morgan fingerprint density at radius 2 is 2.17 bits per heavy atom. The lowest BCUT2D eigenvalue weighted by molar-refractivity contribution is -0.139. The van der Waals surface area contributed by atoms with E-state index in [0.29, 0.717) is 30.2 Å². The molecule has 1 heterocycles. The summed E-state index contributed by atoms with van der Waals surface area (Å²) < 4.78 is 16.1. The summed E-state index contributed by atoms with van der Waals surface area (Å²) in [5.41, 5.74) is 0.438. The van der Waals surface area contributed by atoms with Crippen LogP contribution >= 0.6 is 0 Å². The molecule has 1 aliphatic rings. The van der Waals surface area contributed by atoms with Crippen LogP contribution in [-0.4, -0.2) is 49.5 Å². The molecular formula is C17H23NO6. The number of carbonyl (C=O) groups excluding carboxylic acids is 1. The molecule has 1 atom stereocenters. The molecule has 1 aliphatic heterocycles. The standard InChI is InChI=1S/C17H23NO6/c1-2-22-15-10-12(5-6-14(15)24-11-16(19)20)17(21)18-8-7-13-4-3-9-23-13/h5-6,10,13H,2-4,7-9,11H2,1H3,(H,18,21)(H,19,20). The number of nitrogens with one attached hydrogen (secondary N) is 1. The summed E-state index contributed by atoms with van der Waals surface area (Å²) in [4.78, 5) is 22.8. The average Bonchev–Trinajstić information content (AvgIpc) is 3.07. The zero-order valence-electron chi connectivity index (χ0n) is 13.7. The summed E-state index contributed by atoms with van der Waals surface area (Å²) in [6.07, 6.45) is 3.15. The Bertz CT molecular complexity index is 568. The molecule has 0 radical (unpaired) electrons. The van der Waals surface area contributed by atoms with Gasteiger partial charge in [-0.05, 0) is 44.4 Å². The maximum atomic E-state index is 12.2. The van der Waals surface area contributed by atoms with E-state index in [0.717, 1.165) is 25.9 Å². The van der Waals surface area contributed by atoms with Crippen molar-refractivity contribution in [3.8, 4) is 11.5 Å². The largest absolute Gasteiger partial charge is 0.490 e. The summed E-state index contributed by atoms with van der Waals surface area (Å²) >= 11 is 0. The maximum Gasteiger partial charge on any atom is 0.341 e. The normalized spacial score (nSPS) is 16.6. The molecule has 0 saturated carbocycles. The summed E-state index contributed by atoms with van der Waals surface area (Å²) in [6.45, 7) is 3.06. The van der Waals surface area contributed by atoms with Crippen LogP contribution in [0.15, 0.2) is 18.2 Å². The second-order valence-corrected chi connectivity index (χ2v) is 5.46. The summed E-state index contributed by atoms with van der Waals surface area (Å²) in [5, 5.41) is 11.5. The number of carboxylic acid groups (broad SMARTS) is 1. The third-order valence-electron chi connectivity index (χ3n) is 3.63. The van der Waals surface area contributed by atoms with Gasteiger partial charge >= 0.3 is 5.97 Å². The SMILES string of the molecule is CCOc1cc(C(=O)NCCC2CCCO2)ccc1OCC(=O)O. The number of amides is 1. The molecule has 0 bridgehead atoms. The summed E-state index contributed by atoms with van der Waals surface area (Å²) in [5.74, 6) is -0.632. The lowest BCUT2D eigenvalue weighted by Gasteiger charge is -2.13. The Morgan fingerprint density at radius 1 is 1.33 bits per heavy atom. The van der Waals surface area contributed by atoms with Crippen molar-refractivity contribution < 1.29 is 28.9 Å². The lowest BCUT2D eigenvalue weighted by atomic mass is 10.1. The first-order valence-electron chi connectivity index (χ1n) is 8.11. The van der Waals surface area contributed by atoms with Crippen LogP contribution in [-0.2, 0) is 9.53 Å². The van der Waals surface area contributed by atoms with Gasteiger partial charge in [-0.2, -0.15) is 0 Å². The van der Waals surface area contributed by atoms with Gasteiger partial charge in [0.15, 0.2) is 18.1 Å². The monoisotopic (exact) mass is 337 g/mol. The highest BCUT2D eigenvalue weighted by Gasteiger charge is 2.16. The minimum Gasteiger partial charge on any atom is -0.490 e. The van der Waals surface area contributed by atoms with E-state index in [1.807, 2.05) is 0 Å². The molecule has 24 heavy (non-hydrogen) atoms. The van der Waals surface area contributed by atoms with Gasteiger partial charge in [0.05, 0.1) is 12.7 Å². The first-order chi connectivity index (χ1) is 11.6. The average molecular weight is 337 g/mol. The van der Waals surface area contributed by atoms with E-state index < -0.39 is 12.6 Å². The number of benzene rings is 1. The fourth-order valence-corrected chi connectivity index (χ4v) is 2.50. The molecule has 1 saturated heterocycles. The quantitative estimate of drug-likeness (QED) is 0.714. The number of carboxylic acids is 1. The van der Waals surface area contributed by atoms with Crippen LogP contribution in [0, 0.1) is 0 Å². The minimum absolute atomic E-state index is 0.210. The van der Waals surface area contributed by atoms with Crippen LogP contribution in [0.25, 0.3) is 0 Å². The highest BCUT2D eigenvalue weighted by atomic mass is 16.5. The topological polar surface area (TPSA) is 94.1 Å². The van der Waals surface area contributed by atoms with Crippen molar-refractivity contribution in [2.75, 3.05) is 26.4 Å². The Balaban J connectivity index is 1.93. The second kappa shape index (κ2) is 9.12. The number of ether oxygens (including phenoxy) is 3. The van der Waals surface area contributed by atoms with E-state index in [4.69, 9.17) is 19.3 Å². The minimum atomic E-state index is -1.08. The molecule has 0 aliphatic carbocycles. The number of hydrogen-bond acceptors (Lipinski definition) is 5. The van der Waals surface area contributed by atoms with Gasteiger partial charge in [0.1, 0.15) is 0 Å². The Labute approximate surface area is 140 Å². The fourth-order valence-electron chi connectivity index (χ4n) is 2.50. The van der Waals surface area contributed by atoms with Crippen LogP contribution in [0.3, 0.4) is 0 Å². The van der Waals surface area contributed by atoms with Crippen molar-refractivity contribution in [2.24, 2.45) is 0 Å². The van der Waals surface area contributed by atoms with Crippen LogP contribution in [0.2, 0.25) is 0 Å². The van der Waals surface area contributed by atoms with E-state index in [-0.39, 0.29) is 12.0 Å². The third-order valence-corrected chi connectivity index (χ3v) is 3.63. The van der Waals surface area contributed by atoms with Crippen LogP contribution in [0.1, 0.15) is 36.5 Å². The molecule has 1 amide bonds. The summed E-state index contributed by atoms with van der Waals surface area (Å²) in [6, 6.07) is 4.69. The first-order valence-corrected chi connectivity index (χ1v) is 8.11. The van der Waals surface area contributed by atoms with Crippen molar-refractivity contribution in [3.63, 3.8) is 0 Å². The predicted molar refractivity (Wildman–Crippen MR) is 86.7 cm³/mol. The number of rotatable bonds is 9.